The molecule has 190 valence electrons. The lowest BCUT2D eigenvalue weighted by molar-refractivity contribution is -0.139. The van der Waals surface area contributed by atoms with Crippen molar-refractivity contribution in [3.63, 3.8) is 0 Å². The number of methoxy groups -OCH3 is 3. The van der Waals surface area contributed by atoms with Gasteiger partial charge in [-0.25, -0.2) is 0 Å². The van der Waals surface area contributed by atoms with Crippen molar-refractivity contribution in [1.29, 1.82) is 0 Å². The van der Waals surface area contributed by atoms with Crippen LogP contribution in [0.5, 0.6) is 11.5 Å². The Kier molecular flexibility index (Phi) is 8.61. The fourth-order valence-corrected chi connectivity index (χ4v) is 4.25. The number of piperidine rings is 1. The molecule has 1 N–H and O–H groups in total. The number of rotatable bonds is 8. The average Bonchev–Trinajstić information content (AvgIpc) is 2.86. The molecule has 1 saturated heterocycles. The number of hydrogen-bond donors (Lipinski definition) is 1. The third-order valence-corrected chi connectivity index (χ3v) is 6.04. The number of nitrogens with one attached hydrogen (secondary N) is 1. The number of ether oxygens (including phenoxy) is 3. The molecule has 10 heteroatoms. The third-order valence-electron chi connectivity index (χ3n) is 6.04. The molecule has 2 amide bonds. The van der Waals surface area contributed by atoms with E-state index in [4.69, 9.17) is 14.2 Å². The maximum Gasteiger partial charge on any atom is 0.416 e. The Morgan fingerprint density at radius 3 is 2.43 bits per heavy atom. The molecule has 2 aromatic carbocycles. The van der Waals surface area contributed by atoms with Gasteiger partial charge in [0, 0.05) is 32.7 Å². The highest BCUT2D eigenvalue weighted by Gasteiger charge is 2.35. The van der Waals surface area contributed by atoms with E-state index < -0.39 is 17.7 Å². The van der Waals surface area contributed by atoms with Crippen molar-refractivity contribution in [3.8, 4) is 11.5 Å². The molecular formula is C25H29F3N2O5. The first kappa shape index (κ1) is 26.3. The lowest BCUT2D eigenvalue weighted by Gasteiger charge is -2.37. The number of alkyl halides is 3. The van der Waals surface area contributed by atoms with Gasteiger partial charge in [-0.15, -0.1) is 0 Å². The Morgan fingerprint density at radius 1 is 1.03 bits per heavy atom. The molecule has 35 heavy (non-hydrogen) atoms. The smallest absolute Gasteiger partial charge is 0.416 e. The van der Waals surface area contributed by atoms with Crippen molar-refractivity contribution in [2.45, 2.75) is 25.1 Å². The van der Waals surface area contributed by atoms with Crippen LogP contribution in [0.25, 0.3) is 0 Å². The van der Waals surface area contributed by atoms with Crippen molar-refractivity contribution >= 4 is 11.8 Å². The molecule has 3 rings (SSSR count). The fourth-order valence-electron chi connectivity index (χ4n) is 4.25. The Bertz CT molecular complexity index is 1040. The van der Waals surface area contributed by atoms with E-state index in [2.05, 4.69) is 5.32 Å². The second kappa shape index (κ2) is 11.4. The van der Waals surface area contributed by atoms with Crippen LogP contribution in [0.1, 0.15) is 29.0 Å². The molecule has 1 aliphatic heterocycles. The maximum atomic E-state index is 13.0. The number of likely N-dealkylation sites (tertiary alicyclic amines) is 1. The normalized spacial score (nSPS) is 18.2. The average molecular weight is 495 g/mol. The van der Waals surface area contributed by atoms with Crippen molar-refractivity contribution in [1.82, 2.24) is 10.2 Å². The molecule has 1 fully saturated rings. The molecule has 0 spiro atoms. The van der Waals surface area contributed by atoms with Gasteiger partial charge in [0.1, 0.15) is 6.61 Å². The van der Waals surface area contributed by atoms with E-state index in [0.29, 0.717) is 30.0 Å². The molecule has 2 aromatic rings. The number of carbonyl (C=O) groups is 2. The van der Waals surface area contributed by atoms with Crippen LogP contribution in [0.2, 0.25) is 0 Å². The van der Waals surface area contributed by atoms with Gasteiger partial charge in [0.25, 0.3) is 0 Å². The summed E-state index contributed by atoms with van der Waals surface area (Å²) >= 11 is 0. The second-order valence-electron chi connectivity index (χ2n) is 8.39. The highest BCUT2D eigenvalue weighted by molar-refractivity contribution is 5.82. The number of halogens is 3. The minimum absolute atomic E-state index is 0.0493. The summed E-state index contributed by atoms with van der Waals surface area (Å²) in [5.74, 6) is -0.177. The van der Waals surface area contributed by atoms with Gasteiger partial charge in [0.15, 0.2) is 11.5 Å². The molecule has 0 aromatic heterocycles. The van der Waals surface area contributed by atoms with E-state index >= 15 is 0 Å². The van der Waals surface area contributed by atoms with E-state index in [1.807, 2.05) is 12.1 Å². The zero-order chi connectivity index (χ0) is 25.6. The minimum Gasteiger partial charge on any atom is -0.493 e. The first-order valence-electron chi connectivity index (χ1n) is 11.1. The van der Waals surface area contributed by atoms with Gasteiger partial charge in [-0.1, -0.05) is 18.2 Å². The van der Waals surface area contributed by atoms with Crippen molar-refractivity contribution < 1.29 is 37.0 Å². The summed E-state index contributed by atoms with van der Waals surface area (Å²) in [4.78, 5) is 27.2. The van der Waals surface area contributed by atoms with Gasteiger partial charge < -0.3 is 24.4 Å². The van der Waals surface area contributed by atoms with Gasteiger partial charge in [-0.05, 0) is 41.8 Å². The Labute approximate surface area is 202 Å². The predicted molar refractivity (Wildman–Crippen MR) is 122 cm³/mol. The maximum absolute atomic E-state index is 13.0. The van der Waals surface area contributed by atoms with Gasteiger partial charge in [-0.2, -0.15) is 13.2 Å². The zero-order valence-corrected chi connectivity index (χ0v) is 19.9. The van der Waals surface area contributed by atoms with Crippen LogP contribution in [-0.2, 0) is 27.0 Å². The van der Waals surface area contributed by atoms with Crippen molar-refractivity contribution in [3.05, 3.63) is 59.2 Å². The quantitative estimate of drug-likeness (QED) is 0.607. The molecule has 0 bridgehead atoms. The number of carbonyl (C=O) groups excluding carboxylic acids is 2. The topological polar surface area (TPSA) is 77.1 Å². The SMILES string of the molecule is COCC(=O)N1C[C@H](C(=O)NCc2cccc(C(F)(F)F)c2)C[C@H](c2ccc(OC)c(OC)c2)C1. The molecule has 0 saturated carbocycles. The van der Waals surface area contributed by atoms with Crippen molar-refractivity contribution in [2.75, 3.05) is 41.0 Å². The molecular weight excluding hydrogens is 465 g/mol. The molecule has 0 unspecified atom stereocenters. The zero-order valence-electron chi connectivity index (χ0n) is 19.9. The van der Waals surface area contributed by atoms with E-state index in [9.17, 15) is 22.8 Å². The number of hydrogen-bond acceptors (Lipinski definition) is 5. The largest absolute Gasteiger partial charge is 0.493 e. The Balaban J connectivity index is 1.77. The summed E-state index contributed by atoms with van der Waals surface area (Å²) in [6.45, 7) is 0.430. The molecule has 1 aliphatic rings. The van der Waals surface area contributed by atoms with Crippen LogP contribution in [0.4, 0.5) is 13.2 Å². The van der Waals surface area contributed by atoms with Gasteiger partial charge >= 0.3 is 6.18 Å². The van der Waals surface area contributed by atoms with E-state index in [-0.39, 0.29) is 37.4 Å². The van der Waals surface area contributed by atoms with E-state index in [1.165, 1.54) is 33.5 Å². The van der Waals surface area contributed by atoms with Crippen LogP contribution >= 0.6 is 0 Å². The van der Waals surface area contributed by atoms with Crippen LogP contribution < -0.4 is 14.8 Å². The summed E-state index contributed by atoms with van der Waals surface area (Å²) in [5, 5.41) is 2.73. The Hall–Kier alpha value is -3.27. The predicted octanol–water partition coefficient (Wildman–Crippen LogP) is 3.62. The van der Waals surface area contributed by atoms with E-state index in [0.717, 1.165) is 17.7 Å². The third kappa shape index (κ3) is 6.66. The van der Waals surface area contributed by atoms with Crippen LogP contribution in [-0.4, -0.2) is 57.7 Å². The van der Waals surface area contributed by atoms with E-state index in [1.54, 1.807) is 11.0 Å². The van der Waals surface area contributed by atoms with Crippen molar-refractivity contribution in [2.24, 2.45) is 5.92 Å². The molecule has 7 nitrogen and oxygen atoms in total. The fraction of sp³-hybridized carbons (Fsp3) is 0.440. The molecule has 0 aliphatic carbocycles. The highest BCUT2D eigenvalue weighted by Crippen LogP contribution is 2.36. The lowest BCUT2D eigenvalue weighted by Crippen LogP contribution is -2.48. The molecule has 1 heterocycles. The van der Waals surface area contributed by atoms with Gasteiger partial charge in [-0.3, -0.25) is 9.59 Å². The summed E-state index contributed by atoms with van der Waals surface area (Å²) in [5.41, 5.74) is 0.452. The number of amides is 2. The first-order valence-corrected chi connectivity index (χ1v) is 11.1. The highest BCUT2D eigenvalue weighted by atomic mass is 19.4. The summed E-state index contributed by atoms with van der Waals surface area (Å²) in [6, 6.07) is 10.3. The lowest BCUT2D eigenvalue weighted by atomic mass is 9.83. The van der Waals surface area contributed by atoms with Crippen LogP contribution in [0.15, 0.2) is 42.5 Å². The minimum atomic E-state index is -4.46. The molecule has 2 atom stereocenters. The van der Waals surface area contributed by atoms with Crippen LogP contribution in [0.3, 0.4) is 0 Å². The molecule has 0 radical (unpaired) electrons. The second-order valence-corrected chi connectivity index (χ2v) is 8.39. The monoisotopic (exact) mass is 494 g/mol. The van der Waals surface area contributed by atoms with Crippen LogP contribution in [0, 0.1) is 5.92 Å². The summed E-state index contributed by atoms with van der Waals surface area (Å²) in [6.07, 6.45) is -4.00. The number of nitrogens with zero attached hydrogens (tertiary/aromatic N) is 1. The van der Waals surface area contributed by atoms with Gasteiger partial charge in [0.2, 0.25) is 11.8 Å². The standard InChI is InChI=1S/C25H29F3N2O5/c1-33-15-23(31)30-13-18(17-7-8-21(34-2)22(11-17)35-3)10-19(14-30)24(32)29-12-16-5-4-6-20(9-16)25(26,27)28/h4-9,11,18-19H,10,12-15H2,1-3H3,(H,29,32)/t18-,19+/m0/s1. The Morgan fingerprint density at radius 2 is 1.77 bits per heavy atom. The summed E-state index contributed by atoms with van der Waals surface area (Å²) < 4.78 is 54.6. The number of benzene rings is 2. The summed E-state index contributed by atoms with van der Waals surface area (Å²) in [7, 11) is 4.49. The van der Waals surface area contributed by atoms with Gasteiger partial charge in [0.05, 0.1) is 25.7 Å². The first-order chi connectivity index (χ1) is 16.7.